The third kappa shape index (κ3) is 2.77. The number of nitrogens with one attached hydrogen (secondary N) is 2. The number of hydrogen-bond acceptors (Lipinski definition) is 5. The number of anilines is 2. The van der Waals surface area contributed by atoms with Crippen LogP contribution >= 0.6 is 0 Å². The number of rotatable bonds is 5. The highest BCUT2D eigenvalue weighted by molar-refractivity contribution is 5.84. The van der Waals surface area contributed by atoms with Crippen LogP contribution in [-0.4, -0.2) is 40.1 Å². The lowest BCUT2D eigenvalue weighted by Gasteiger charge is -2.27. The fourth-order valence-corrected chi connectivity index (χ4v) is 2.23. The molecule has 0 saturated heterocycles. The normalized spacial score (nSPS) is 12.9. The lowest BCUT2D eigenvalue weighted by Crippen LogP contribution is -2.31. The van der Waals surface area contributed by atoms with Crippen molar-refractivity contribution >= 4 is 22.9 Å². The molecule has 0 fully saturated rings. The summed E-state index contributed by atoms with van der Waals surface area (Å²) in [4.78, 5) is 18.4. The van der Waals surface area contributed by atoms with Crippen LogP contribution in [0.4, 0.5) is 11.8 Å². The van der Waals surface area contributed by atoms with Gasteiger partial charge in [-0.3, -0.25) is 0 Å². The van der Waals surface area contributed by atoms with Crippen molar-refractivity contribution in [2.75, 3.05) is 24.3 Å². The van der Waals surface area contributed by atoms with Crippen LogP contribution in [0, 0.1) is 5.92 Å². The molecule has 0 bridgehead atoms. The maximum Gasteiger partial charge on any atom is 0.226 e. The maximum atomic E-state index is 4.55. The summed E-state index contributed by atoms with van der Waals surface area (Å²) in [7, 11) is 3.88. The Bertz CT molecular complexity index is 547. The van der Waals surface area contributed by atoms with Crippen molar-refractivity contribution < 1.29 is 0 Å². The maximum absolute atomic E-state index is 4.55. The molecule has 0 aliphatic rings. The minimum atomic E-state index is 0.408. The van der Waals surface area contributed by atoms with Gasteiger partial charge in [0.15, 0.2) is 11.5 Å². The lowest BCUT2D eigenvalue weighted by atomic mass is 10.0. The van der Waals surface area contributed by atoms with Crippen molar-refractivity contribution in [3.8, 4) is 0 Å². The zero-order valence-electron chi connectivity index (χ0n) is 12.2. The van der Waals surface area contributed by atoms with E-state index in [4.69, 9.17) is 0 Å². The van der Waals surface area contributed by atoms with Crippen LogP contribution in [0.2, 0.25) is 0 Å². The second kappa shape index (κ2) is 5.42. The minimum Gasteiger partial charge on any atom is -0.357 e. The molecular formula is C13H22N6. The molecule has 2 aromatic heterocycles. The van der Waals surface area contributed by atoms with Crippen molar-refractivity contribution in [2.24, 2.45) is 5.92 Å². The Labute approximate surface area is 113 Å². The summed E-state index contributed by atoms with van der Waals surface area (Å²) < 4.78 is 0. The Morgan fingerprint density at radius 2 is 2.05 bits per heavy atom. The highest BCUT2D eigenvalue weighted by atomic mass is 15.2. The molecule has 104 valence electrons. The second-order valence-corrected chi connectivity index (χ2v) is 5.31. The van der Waals surface area contributed by atoms with E-state index >= 15 is 0 Å². The van der Waals surface area contributed by atoms with E-state index in [1.165, 1.54) is 0 Å². The monoisotopic (exact) mass is 262 g/mol. The van der Waals surface area contributed by atoms with E-state index in [0.29, 0.717) is 23.6 Å². The molecule has 2 N–H and O–H groups in total. The molecule has 2 heterocycles. The summed E-state index contributed by atoms with van der Waals surface area (Å²) in [6.07, 6.45) is 2.77. The Morgan fingerprint density at radius 1 is 1.32 bits per heavy atom. The van der Waals surface area contributed by atoms with Crippen LogP contribution in [0.25, 0.3) is 11.2 Å². The van der Waals surface area contributed by atoms with Crippen LogP contribution in [0.3, 0.4) is 0 Å². The lowest BCUT2D eigenvalue weighted by molar-refractivity contribution is 0.502. The summed E-state index contributed by atoms with van der Waals surface area (Å²) in [5.74, 6) is 2.14. The minimum absolute atomic E-state index is 0.408. The number of imidazole rings is 1. The Kier molecular flexibility index (Phi) is 3.87. The van der Waals surface area contributed by atoms with Gasteiger partial charge in [-0.15, -0.1) is 0 Å². The molecule has 19 heavy (non-hydrogen) atoms. The van der Waals surface area contributed by atoms with E-state index in [2.05, 4.69) is 58.0 Å². The van der Waals surface area contributed by atoms with Crippen molar-refractivity contribution in [1.82, 2.24) is 19.9 Å². The molecule has 0 amide bonds. The number of aromatic nitrogens is 4. The van der Waals surface area contributed by atoms with Crippen LogP contribution in [0.5, 0.6) is 0 Å². The van der Waals surface area contributed by atoms with Gasteiger partial charge in [-0.05, 0) is 19.3 Å². The number of H-pyrrole nitrogens is 1. The number of aromatic amines is 1. The van der Waals surface area contributed by atoms with Crippen molar-refractivity contribution in [3.63, 3.8) is 0 Å². The molecule has 6 nitrogen and oxygen atoms in total. The molecule has 0 radical (unpaired) electrons. The van der Waals surface area contributed by atoms with E-state index in [0.717, 1.165) is 17.8 Å². The first-order valence-electron chi connectivity index (χ1n) is 6.64. The van der Waals surface area contributed by atoms with Crippen LogP contribution in [-0.2, 0) is 0 Å². The molecule has 2 rings (SSSR count). The van der Waals surface area contributed by atoms with Gasteiger partial charge in [-0.1, -0.05) is 13.8 Å². The van der Waals surface area contributed by atoms with Crippen LogP contribution in [0.15, 0.2) is 6.33 Å². The molecule has 0 aliphatic heterocycles. The molecule has 0 spiro atoms. The standard InChI is InChI=1S/C13H22N6/c1-8(2)6-9(3)19(5)12-10-11(16-7-15-10)17-13(14-4)18-12/h7-9H,6H2,1-5H3,(H2,14,15,16,17,18). The average molecular weight is 262 g/mol. The van der Waals surface area contributed by atoms with Gasteiger partial charge in [-0.2, -0.15) is 9.97 Å². The van der Waals surface area contributed by atoms with Crippen LogP contribution < -0.4 is 10.2 Å². The van der Waals surface area contributed by atoms with Crippen LogP contribution in [0.1, 0.15) is 27.2 Å². The molecule has 6 heteroatoms. The molecule has 0 saturated carbocycles. The largest absolute Gasteiger partial charge is 0.357 e. The van der Waals surface area contributed by atoms with Crippen molar-refractivity contribution in [3.05, 3.63) is 6.33 Å². The molecule has 1 atom stereocenters. The second-order valence-electron chi connectivity index (χ2n) is 5.31. The molecule has 2 aromatic rings. The first-order chi connectivity index (χ1) is 9.02. The number of nitrogens with zero attached hydrogens (tertiary/aromatic N) is 4. The smallest absolute Gasteiger partial charge is 0.226 e. The average Bonchev–Trinajstić information content (AvgIpc) is 2.83. The Morgan fingerprint density at radius 3 is 2.68 bits per heavy atom. The predicted molar refractivity (Wildman–Crippen MR) is 78.6 cm³/mol. The Hall–Kier alpha value is -1.85. The molecule has 0 aliphatic carbocycles. The van der Waals surface area contributed by atoms with Gasteiger partial charge in [-0.25, -0.2) is 4.98 Å². The highest BCUT2D eigenvalue weighted by Gasteiger charge is 2.18. The first kappa shape index (κ1) is 13.6. The van der Waals surface area contributed by atoms with Gasteiger partial charge in [0.05, 0.1) is 6.33 Å². The van der Waals surface area contributed by atoms with Gasteiger partial charge >= 0.3 is 0 Å². The third-order valence-corrected chi connectivity index (χ3v) is 3.30. The summed E-state index contributed by atoms with van der Waals surface area (Å²) in [6, 6.07) is 0.408. The summed E-state index contributed by atoms with van der Waals surface area (Å²) >= 11 is 0. The Balaban J connectivity index is 2.39. The topological polar surface area (TPSA) is 69.7 Å². The van der Waals surface area contributed by atoms with E-state index < -0.39 is 0 Å². The molecular weight excluding hydrogens is 240 g/mol. The number of fused-ring (bicyclic) bond motifs is 1. The van der Waals surface area contributed by atoms with Gasteiger partial charge < -0.3 is 15.2 Å². The predicted octanol–water partition coefficient (Wildman–Crippen LogP) is 2.27. The summed E-state index contributed by atoms with van der Waals surface area (Å²) in [5.41, 5.74) is 1.58. The SMILES string of the molecule is CNc1nc(N(C)C(C)CC(C)C)c2[nH]cnc2n1. The first-order valence-corrected chi connectivity index (χ1v) is 6.64. The molecule has 0 aromatic carbocycles. The van der Waals surface area contributed by atoms with E-state index in [1.807, 2.05) is 7.05 Å². The summed E-state index contributed by atoms with van der Waals surface area (Å²) in [5, 5.41) is 2.98. The van der Waals surface area contributed by atoms with Gasteiger partial charge in [0.1, 0.15) is 5.52 Å². The highest BCUT2D eigenvalue weighted by Crippen LogP contribution is 2.24. The van der Waals surface area contributed by atoms with Gasteiger partial charge in [0.2, 0.25) is 5.95 Å². The fourth-order valence-electron chi connectivity index (χ4n) is 2.23. The zero-order chi connectivity index (χ0) is 14.0. The zero-order valence-corrected chi connectivity index (χ0v) is 12.2. The third-order valence-electron chi connectivity index (χ3n) is 3.30. The molecule has 1 unspecified atom stereocenters. The number of hydrogen-bond donors (Lipinski definition) is 2. The van der Waals surface area contributed by atoms with Gasteiger partial charge in [0.25, 0.3) is 0 Å². The van der Waals surface area contributed by atoms with E-state index in [-0.39, 0.29) is 0 Å². The van der Waals surface area contributed by atoms with E-state index in [1.54, 1.807) is 6.33 Å². The quantitative estimate of drug-likeness (QED) is 0.865. The van der Waals surface area contributed by atoms with E-state index in [9.17, 15) is 0 Å². The van der Waals surface area contributed by atoms with Gasteiger partial charge in [0, 0.05) is 20.1 Å². The van der Waals surface area contributed by atoms with Crippen molar-refractivity contribution in [1.29, 1.82) is 0 Å². The summed E-state index contributed by atoms with van der Waals surface area (Å²) in [6.45, 7) is 6.67. The fraction of sp³-hybridized carbons (Fsp3) is 0.615. The van der Waals surface area contributed by atoms with Crippen molar-refractivity contribution in [2.45, 2.75) is 33.2 Å².